The van der Waals surface area contributed by atoms with Crippen LogP contribution in [0.5, 0.6) is 5.75 Å². The van der Waals surface area contributed by atoms with E-state index in [1.165, 1.54) is 24.3 Å². The van der Waals surface area contributed by atoms with Crippen molar-refractivity contribution >= 4 is 44.8 Å². The molecule has 0 atom stereocenters. The standard InChI is InChI=1S/C17H14BrClF2N2O3/c18-14-7-10(1-6-15(14)23-8-12(24)9-23)16(25)22-11-2-4-13(5-3-11)26-17(19,20)21/h1-7,12,24H,8-9H2,(H,22,25). The van der Waals surface area contributed by atoms with Gasteiger partial charge in [-0.05, 0) is 58.4 Å². The number of amides is 1. The number of halogens is 4. The number of nitrogens with one attached hydrogen (secondary N) is 1. The Hall–Kier alpha value is -1.90. The summed E-state index contributed by atoms with van der Waals surface area (Å²) in [7, 11) is 0. The molecule has 1 aliphatic rings. The second-order valence-electron chi connectivity index (χ2n) is 5.75. The predicted molar refractivity (Wildman–Crippen MR) is 98.2 cm³/mol. The van der Waals surface area contributed by atoms with E-state index in [2.05, 4.69) is 26.0 Å². The molecular weight excluding hydrogens is 434 g/mol. The average molecular weight is 448 g/mol. The molecule has 3 rings (SSSR count). The third-order valence-corrected chi connectivity index (χ3v) is 4.47. The number of carbonyl (C=O) groups is 1. The molecule has 0 aliphatic carbocycles. The van der Waals surface area contributed by atoms with Crippen LogP contribution in [0.4, 0.5) is 20.2 Å². The van der Waals surface area contributed by atoms with Crippen LogP contribution < -0.4 is 15.0 Å². The van der Waals surface area contributed by atoms with E-state index >= 15 is 0 Å². The monoisotopic (exact) mass is 446 g/mol. The molecule has 0 spiro atoms. The number of hydrogen-bond acceptors (Lipinski definition) is 4. The Morgan fingerprint density at radius 3 is 2.46 bits per heavy atom. The quantitative estimate of drug-likeness (QED) is 0.679. The minimum atomic E-state index is -3.79. The first-order valence-electron chi connectivity index (χ1n) is 7.61. The zero-order valence-corrected chi connectivity index (χ0v) is 15.6. The van der Waals surface area contributed by atoms with Crippen LogP contribution >= 0.6 is 27.5 Å². The molecule has 1 saturated heterocycles. The van der Waals surface area contributed by atoms with E-state index in [-0.39, 0.29) is 17.8 Å². The lowest BCUT2D eigenvalue weighted by molar-refractivity contribution is -0.0964. The van der Waals surface area contributed by atoms with E-state index in [9.17, 15) is 18.7 Å². The molecular formula is C17H14BrClF2N2O3. The fourth-order valence-electron chi connectivity index (χ4n) is 2.50. The van der Waals surface area contributed by atoms with Crippen molar-refractivity contribution in [3.63, 3.8) is 0 Å². The highest BCUT2D eigenvalue weighted by Crippen LogP contribution is 2.31. The van der Waals surface area contributed by atoms with Gasteiger partial charge in [-0.1, -0.05) is 0 Å². The first kappa shape index (κ1) is 18.9. The van der Waals surface area contributed by atoms with Gasteiger partial charge in [0.15, 0.2) is 0 Å². The summed E-state index contributed by atoms with van der Waals surface area (Å²) in [4.78, 5) is 14.3. The largest absolute Gasteiger partial charge is 0.487 e. The molecule has 0 saturated carbocycles. The summed E-state index contributed by atoms with van der Waals surface area (Å²) in [5.41, 5.74) is -2.04. The van der Waals surface area contributed by atoms with Crippen LogP contribution in [0.25, 0.3) is 0 Å². The summed E-state index contributed by atoms with van der Waals surface area (Å²) >= 11 is 8.13. The zero-order valence-electron chi connectivity index (χ0n) is 13.3. The maximum Gasteiger partial charge on any atom is 0.487 e. The Balaban J connectivity index is 1.65. The van der Waals surface area contributed by atoms with E-state index in [4.69, 9.17) is 11.6 Å². The van der Waals surface area contributed by atoms with Gasteiger partial charge in [0.25, 0.3) is 5.91 Å². The molecule has 2 aromatic rings. The van der Waals surface area contributed by atoms with Crippen molar-refractivity contribution in [3.8, 4) is 5.75 Å². The van der Waals surface area contributed by atoms with E-state index < -0.39 is 5.57 Å². The molecule has 9 heteroatoms. The molecule has 5 nitrogen and oxygen atoms in total. The first-order chi connectivity index (χ1) is 12.2. The van der Waals surface area contributed by atoms with E-state index in [1.807, 2.05) is 4.90 Å². The molecule has 0 radical (unpaired) electrons. The Kier molecular flexibility index (Phi) is 5.36. The summed E-state index contributed by atoms with van der Waals surface area (Å²) in [5, 5.41) is 12.1. The number of aliphatic hydroxyl groups is 1. The van der Waals surface area contributed by atoms with Crippen molar-refractivity contribution in [1.82, 2.24) is 0 Å². The minimum Gasteiger partial charge on any atom is -0.420 e. The normalized spacial score (nSPS) is 14.7. The fraction of sp³-hybridized carbons (Fsp3) is 0.235. The summed E-state index contributed by atoms with van der Waals surface area (Å²) < 4.78 is 30.1. The van der Waals surface area contributed by atoms with E-state index in [0.29, 0.717) is 24.3 Å². The third-order valence-electron chi connectivity index (χ3n) is 3.76. The number of aliphatic hydroxyl groups excluding tert-OH is 1. The van der Waals surface area contributed by atoms with Gasteiger partial charge in [-0.15, -0.1) is 8.78 Å². The number of anilines is 2. The fourth-order valence-corrected chi connectivity index (χ4v) is 3.22. The van der Waals surface area contributed by atoms with Crippen molar-refractivity contribution in [2.24, 2.45) is 0 Å². The Labute approximate surface area is 161 Å². The van der Waals surface area contributed by atoms with Crippen LogP contribution in [-0.4, -0.2) is 35.8 Å². The molecule has 0 unspecified atom stereocenters. The lowest BCUT2D eigenvalue weighted by Crippen LogP contribution is -2.51. The topological polar surface area (TPSA) is 61.8 Å². The second kappa shape index (κ2) is 7.38. The van der Waals surface area contributed by atoms with Crippen molar-refractivity contribution in [2.45, 2.75) is 11.7 Å². The minimum absolute atomic E-state index is 0.119. The van der Waals surface area contributed by atoms with Gasteiger partial charge in [-0.3, -0.25) is 4.79 Å². The SMILES string of the molecule is O=C(Nc1ccc(OC(F)(F)Cl)cc1)c1ccc(N2CC(O)C2)c(Br)c1. The number of rotatable bonds is 5. The summed E-state index contributed by atoms with van der Waals surface area (Å²) in [6.07, 6.45) is -0.324. The molecule has 26 heavy (non-hydrogen) atoms. The van der Waals surface area contributed by atoms with Crippen LogP contribution in [0.1, 0.15) is 10.4 Å². The molecule has 0 bridgehead atoms. The van der Waals surface area contributed by atoms with Gasteiger partial charge in [-0.2, -0.15) is 0 Å². The Morgan fingerprint density at radius 2 is 1.92 bits per heavy atom. The number of β-amino-alcohol motifs (C(OH)–C–C–N with tert-alkyl or cyclic N) is 1. The van der Waals surface area contributed by atoms with Gasteiger partial charge in [-0.25, -0.2) is 0 Å². The van der Waals surface area contributed by atoms with Crippen molar-refractivity contribution in [2.75, 3.05) is 23.3 Å². The van der Waals surface area contributed by atoms with E-state index in [0.717, 1.165) is 10.2 Å². The average Bonchev–Trinajstić information content (AvgIpc) is 2.52. The second-order valence-corrected chi connectivity index (χ2v) is 7.05. The smallest absolute Gasteiger partial charge is 0.420 e. The lowest BCUT2D eigenvalue weighted by Gasteiger charge is -2.38. The molecule has 2 N–H and O–H groups in total. The summed E-state index contributed by atoms with van der Waals surface area (Å²) in [6, 6.07) is 10.6. The molecule has 1 fully saturated rings. The van der Waals surface area contributed by atoms with E-state index in [1.54, 1.807) is 18.2 Å². The molecule has 138 valence electrons. The number of hydrogen-bond donors (Lipinski definition) is 2. The van der Waals surface area contributed by atoms with Gasteiger partial charge in [0.05, 0.1) is 11.8 Å². The first-order valence-corrected chi connectivity index (χ1v) is 8.78. The number of benzene rings is 2. The number of alkyl halides is 3. The van der Waals surface area contributed by atoms with Gasteiger partial charge in [0.2, 0.25) is 0 Å². The molecule has 1 amide bonds. The number of carbonyl (C=O) groups excluding carboxylic acids is 1. The number of nitrogens with zero attached hydrogens (tertiary/aromatic N) is 1. The van der Waals surface area contributed by atoms with Crippen molar-refractivity contribution < 1.29 is 23.4 Å². The van der Waals surface area contributed by atoms with Crippen molar-refractivity contribution in [3.05, 3.63) is 52.5 Å². The third kappa shape index (κ3) is 4.63. The van der Waals surface area contributed by atoms with Crippen LogP contribution in [-0.2, 0) is 0 Å². The van der Waals surface area contributed by atoms with Crippen LogP contribution in [0.3, 0.4) is 0 Å². The molecule has 1 aliphatic heterocycles. The number of ether oxygens (including phenoxy) is 1. The van der Waals surface area contributed by atoms with Gasteiger partial charge < -0.3 is 20.1 Å². The van der Waals surface area contributed by atoms with Crippen LogP contribution in [0.2, 0.25) is 0 Å². The van der Waals surface area contributed by atoms with Gasteiger partial charge >= 0.3 is 5.57 Å². The van der Waals surface area contributed by atoms with Gasteiger partial charge in [0, 0.05) is 40.4 Å². The molecule has 0 aromatic heterocycles. The highest BCUT2D eigenvalue weighted by Gasteiger charge is 2.28. The van der Waals surface area contributed by atoms with Crippen LogP contribution in [0.15, 0.2) is 46.9 Å². The van der Waals surface area contributed by atoms with Crippen LogP contribution in [0, 0.1) is 0 Å². The lowest BCUT2D eigenvalue weighted by atomic mass is 10.1. The van der Waals surface area contributed by atoms with Gasteiger partial charge in [0.1, 0.15) is 5.75 Å². The predicted octanol–water partition coefficient (Wildman–Crippen LogP) is 4.05. The molecule has 1 heterocycles. The highest BCUT2D eigenvalue weighted by molar-refractivity contribution is 9.10. The maximum absolute atomic E-state index is 12.6. The maximum atomic E-state index is 12.6. The Bertz CT molecular complexity index is 809. The highest BCUT2D eigenvalue weighted by atomic mass is 79.9. The van der Waals surface area contributed by atoms with Crippen molar-refractivity contribution in [1.29, 1.82) is 0 Å². The molecule has 2 aromatic carbocycles. The zero-order chi connectivity index (χ0) is 18.9. The summed E-state index contributed by atoms with van der Waals surface area (Å²) in [6.45, 7) is 1.11. The summed E-state index contributed by atoms with van der Waals surface area (Å²) in [5.74, 6) is -0.468. The Morgan fingerprint density at radius 1 is 1.27 bits per heavy atom.